The number of nitrogens with zero attached hydrogens (tertiary/aromatic N) is 3. The molecule has 29 heavy (non-hydrogen) atoms. The molecule has 1 aromatic carbocycles. The number of amides is 1. The maximum absolute atomic E-state index is 13.9. The van der Waals surface area contributed by atoms with Crippen molar-refractivity contribution in [2.24, 2.45) is 11.8 Å². The van der Waals surface area contributed by atoms with Crippen molar-refractivity contribution in [1.29, 1.82) is 0 Å². The number of aromatic nitrogens is 1. The summed E-state index contributed by atoms with van der Waals surface area (Å²) in [6, 6.07) is 4.96. The van der Waals surface area contributed by atoms with Crippen molar-refractivity contribution < 1.29 is 18.4 Å². The lowest BCUT2D eigenvalue weighted by atomic mass is 9.82. The number of benzene rings is 1. The molecule has 1 N–H and O–H groups in total. The Morgan fingerprint density at radius 2 is 1.97 bits per heavy atom. The molecule has 4 atom stereocenters. The minimum Gasteiger partial charge on any atom is -0.494 e. The van der Waals surface area contributed by atoms with E-state index in [0.717, 1.165) is 25.9 Å². The predicted octanol–water partition coefficient (Wildman–Crippen LogP) is 2.38. The van der Waals surface area contributed by atoms with E-state index in [1.54, 1.807) is 17.0 Å². The third-order valence-electron chi connectivity index (χ3n) is 6.73. The van der Waals surface area contributed by atoms with Crippen molar-refractivity contribution in [2.45, 2.75) is 24.9 Å². The fraction of sp³-hybridized carbons (Fsp3) is 0.524. The molecule has 3 fully saturated rings. The van der Waals surface area contributed by atoms with Crippen LogP contribution in [0.3, 0.4) is 0 Å². The summed E-state index contributed by atoms with van der Waals surface area (Å²) in [4.78, 5) is 17.7. The smallest absolute Gasteiger partial charge is 0.262 e. The van der Waals surface area contributed by atoms with Crippen molar-refractivity contribution >= 4 is 11.7 Å². The first-order valence-electron chi connectivity index (χ1n) is 10.1. The first kappa shape index (κ1) is 18.4. The van der Waals surface area contributed by atoms with E-state index in [1.165, 1.54) is 13.2 Å². The van der Waals surface area contributed by atoms with E-state index in [1.807, 2.05) is 14.1 Å². The van der Waals surface area contributed by atoms with Crippen LogP contribution in [0.5, 0.6) is 5.75 Å². The van der Waals surface area contributed by atoms with Crippen LogP contribution < -0.4 is 15.0 Å². The number of nitrogens with one attached hydrogen (secondary N) is 1. The Morgan fingerprint density at radius 3 is 2.59 bits per heavy atom. The predicted molar refractivity (Wildman–Crippen MR) is 106 cm³/mol. The van der Waals surface area contributed by atoms with Gasteiger partial charge in [-0.15, -0.1) is 0 Å². The number of carbonyl (C=O) groups is 1. The van der Waals surface area contributed by atoms with Crippen molar-refractivity contribution in [3.8, 4) is 17.1 Å². The number of halogens is 1. The second-order valence-electron chi connectivity index (χ2n) is 8.36. The Balaban J connectivity index is 1.58. The number of ether oxygens (including phenoxy) is 1. The van der Waals surface area contributed by atoms with E-state index >= 15 is 0 Å². The van der Waals surface area contributed by atoms with Crippen molar-refractivity contribution in [3.05, 3.63) is 29.6 Å². The van der Waals surface area contributed by atoms with Gasteiger partial charge >= 0.3 is 0 Å². The highest BCUT2D eigenvalue weighted by Crippen LogP contribution is 2.49. The molecule has 1 amide bonds. The van der Waals surface area contributed by atoms with Gasteiger partial charge in [-0.3, -0.25) is 4.79 Å². The van der Waals surface area contributed by atoms with Crippen molar-refractivity contribution in [3.63, 3.8) is 0 Å². The number of methoxy groups -OCH3 is 1. The second-order valence-corrected chi connectivity index (χ2v) is 8.36. The van der Waals surface area contributed by atoms with Gasteiger partial charge in [-0.1, -0.05) is 5.16 Å². The number of hydrogen-bond donors (Lipinski definition) is 1. The maximum atomic E-state index is 13.9. The molecule has 0 radical (unpaired) electrons. The topological polar surface area (TPSA) is 70.8 Å². The summed E-state index contributed by atoms with van der Waals surface area (Å²) >= 11 is 0. The number of carbonyl (C=O) groups excluding carboxylic acids is 1. The van der Waals surface area contributed by atoms with Crippen LogP contribution in [-0.2, 0) is 0 Å². The van der Waals surface area contributed by atoms with Gasteiger partial charge in [-0.2, -0.15) is 0 Å². The average Bonchev–Trinajstić information content (AvgIpc) is 3.47. The molecule has 3 saturated heterocycles. The first-order chi connectivity index (χ1) is 14.0. The Labute approximate surface area is 168 Å². The van der Waals surface area contributed by atoms with Crippen LogP contribution in [0.2, 0.25) is 0 Å². The number of fused-ring (bicyclic) bond motifs is 5. The van der Waals surface area contributed by atoms with Crippen molar-refractivity contribution in [2.75, 3.05) is 39.2 Å². The van der Waals surface area contributed by atoms with Crippen LogP contribution >= 0.6 is 0 Å². The molecule has 5 rings (SSSR count). The van der Waals surface area contributed by atoms with Gasteiger partial charge in [0.05, 0.1) is 7.11 Å². The number of hydrogen-bond acceptors (Lipinski definition) is 6. The molecule has 8 heteroatoms. The average molecular weight is 400 g/mol. The summed E-state index contributed by atoms with van der Waals surface area (Å²) in [7, 11) is 5.08. The van der Waals surface area contributed by atoms with Crippen molar-refractivity contribution in [1.82, 2.24) is 15.4 Å². The van der Waals surface area contributed by atoms with Gasteiger partial charge in [0.2, 0.25) is 0 Å². The SMILES string of the molecule is COc1cc(-c2onc(N(C)C)c2C(=O)N2[C@@H]3CC[C@H]2[C@H]2CNC[C@H]23)ccc1F. The summed E-state index contributed by atoms with van der Waals surface area (Å²) in [6.07, 6.45) is 2.09. The summed E-state index contributed by atoms with van der Waals surface area (Å²) < 4.78 is 24.6. The summed E-state index contributed by atoms with van der Waals surface area (Å²) in [5.41, 5.74) is 1.01. The van der Waals surface area contributed by atoms with Crippen LogP contribution in [0, 0.1) is 17.7 Å². The van der Waals surface area contributed by atoms with E-state index < -0.39 is 5.82 Å². The zero-order valence-electron chi connectivity index (χ0n) is 16.8. The zero-order valence-corrected chi connectivity index (χ0v) is 16.8. The molecular formula is C21H25FN4O3. The maximum Gasteiger partial charge on any atom is 0.262 e. The highest BCUT2D eigenvalue weighted by Gasteiger charge is 2.57. The Bertz CT molecular complexity index is 941. The second kappa shape index (κ2) is 6.73. The van der Waals surface area contributed by atoms with Gasteiger partial charge in [-0.25, -0.2) is 4.39 Å². The molecule has 0 saturated carbocycles. The minimum atomic E-state index is -0.464. The lowest BCUT2D eigenvalue weighted by molar-refractivity contribution is 0.0710. The summed E-state index contributed by atoms with van der Waals surface area (Å²) in [5, 5.41) is 7.64. The number of anilines is 1. The van der Waals surface area contributed by atoms with Crippen LogP contribution in [0.15, 0.2) is 22.7 Å². The Morgan fingerprint density at radius 1 is 1.28 bits per heavy atom. The van der Waals surface area contributed by atoms with Gasteiger partial charge in [-0.05, 0) is 42.9 Å². The van der Waals surface area contributed by atoms with Crippen LogP contribution in [0.1, 0.15) is 23.2 Å². The molecule has 0 aliphatic carbocycles. The minimum absolute atomic E-state index is 0.0462. The van der Waals surface area contributed by atoms with Crippen LogP contribution in [0.4, 0.5) is 10.2 Å². The van der Waals surface area contributed by atoms with E-state index in [-0.39, 0.29) is 23.7 Å². The molecular weight excluding hydrogens is 375 g/mol. The molecule has 1 aromatic heterocycles. The standard InChI is InChI=1S/C21H25FN4O3/c1-25(2)20-18(19(29-24-20)11-4-5-14(22)17(8-11)28-3)21(27)26-15-6-7-16(26)13-10-23-9-12(13)15/h4-5,8,12-13,15-16,23H,6-7,9-10H2,1-3H3/t12-,13+,15-,16+. The molecule has 3 aliphatic heterocycles. The fourth-order valence-electron chi connectivity index (χ4n) is 5.48. The summed E-state index contributed by atoms with van der Waals surface area (Å²) in [6.45, 7) is 1.95. The third-order valence-corrected chi connectivity index (χ3v) is 6.73. The molecule has 2 aromatic rings. The highest BCUT2D eigenvalue weighted by molar-refractivity contribution is 6.04. The Kier molecular flexibility index (Phi) is 4.27. The lowest BCUT2D eigenvalue weighted by Crippen LogP contribution is -2.39. The van der Waals surface area contributed by atoms with Crippen LogP contribution in [0.25, 0.3) is 11.3 Å². The fourth-order valence-corrected chi connectivity index (χ4v) is 5.48. The highest BCUT2D eigenvalue weighted by atomic mass is 19.1. The van der Waals surface area contributed by atoms with Gasteiger partial charge in [0, 0.05) is 44.8 Å². The van der Waals surface area contributed by atoms with Crippen LogP contribution in [-0.4, -0.2) is 62.3 Å². The molecule has 3 aliphatic rings. The Hall–Kier alpha value is -2.61. The van der Waals surface area contributed by atoms with E-state index in [2.05, 4.69) is 15.4 Å². The lowest BCUT2D eigenvalue weighted by Gasteiger charge is -2.25. The van der Waals surface area contributed by atoms with Gasteiger partial charge in [0.1, 0.15) is 5.56 Å². The quantitative estimate of drug-likeness (QED) is 0.850. The monoisotopic (exact) mass is 400 g/mol. The molecule has 0 spiro atoms. The van der Waals surface area contributed by atoms with E-state index in [4.69, 9.17) is 9.26 Å². The van der Waals surface area contributed by atoms with E-state index in [9.17, 15) is 9.18 Å². The first-order valence-corrected chi connectivity index (χ1v) is 10.1. The normalized spacial score (nSPS) is 27.4. The van der Waals surface area contributed by atoms with Gasteiger partial charge in [0.25, 0.3) is 5.91 Å². The zero-order chi connectivity index (χ0) is 20.3. The van der Waals surface area contributed by atoms with Gasteiger partial charge < -0.3 is 24.4 Å². The molecule has 7 nitrogen and oxygen atoms in total. The largest absolute Gasteiger partial charge is 0.494 e. The third kappa shape index (κ3) is 2.65. The molecule has 154 valence electrons. The van der Waals surface area contributed by atoms with Gasteiger partial charge in [0.15, 0.2) is 23.1 Å². The van der Waals surface area contributed by atoms with E-state index in [0.29, 0.717) is 34.5 Å². The summed E-state index contributed by atoms with van der Waals surface area (Å²) in [5.74, 6) is 1.48. The number of rotatable bonds is 4. The molecule has 0 unspecified atom stereocenters. The molecule has 2 bridgehead atoms. The molecule has 4 heterocycles.